The first-order valence-electron chi connectivity index (χ1n) is 7.53. The fourth-order valence-electron chi connectivity index (χ4n) is 3.28. The van der Waals surface area contributed by atoms with Gasteiger partial charge in [-0.2, -0.15) is 0 Å². The van der Waals surface area contributed by atoms with Crippen LogP contribution in [0.15, 0.2) is 70.5 Å². The highest BCUT2D eigenvalue weighted by Crippen LogP contribution is 2.48. The zero-order valence-corrected chi connectivity index (χ0v) is 13.4. The molecule has 0 unspecified atom stereocenters. The Balaban J connectivity index is 1.99. The predicted molar refractivity (Wildman–Crippen MR) is 95.4 cm³/mol. The Bertz CT molecular complexity index is 1090. The van der Waals surface area contributed by atoms with Gasteiger partial charge in [-0.05, 0) is 29.7 Å². The van der Waals surface area contributed by atoms with Crippen molar-refractivity contribution in [2.45, 2.75) is 9.79 Å². The third-order valence-corrected chi connectivity index (χ3v) is 5.49. The zero-order chi connectivity index (χ0) is 15.4. The summed E-state index contributed by atoms with van der Waals surface area (Å²) in [6, 6.07) is 21.1. The number of ether oxygens (including phenoxy) is 1. The zero-order valence-electron chi connectivity index (χ0n) is 12.5. The fourth-order valence-corrected chi connectivity index (χ4v) is 4.40. The van der Waals surface area contributed by atoms with Crippen molar-refractivity contribution in [2.75, 3.05) is 7.11 Å². The molecule has 0 saturated carbocycles. The van der Waals surface area contributed by atoms with Crippen LogP contribution in [0.25, 0.3) is 32.9 Å². The third kappa shape index (κ3) is 1.80. The Kier molecular flexibility index (Phi) is 2.67. The Morgan fingerprint density at radius 2 is 1.74 bits per heavy atom. The van der Waals surface area contributed by atoms with Gasteiger partial charge in [0.15, 0.2) is 0 Å². The molecule has 1 aliphatic heterocycles. The molecule has 23 heavy (non-hydrogen) atoms. The lowest BCUT2D eigenvalue weighted by Gasteiger charge is -2.20. The molecule has 1 aliphatic rings. The first-order chi connectivity index (χ1) is 11.3. The maximum atomic E-state index is 5.37. The molecule has 110 valence electrons. The van der Waals surface area contributed by atoms with E-state index in [0.717, 1.165) is 17.0 Å². The summed E-state index contributed by atoms with van der Waals surface area (Å²) in [7, 11) is 1.69. The number of hydrogen-bond acceptors (Lipinski definition) is 3. The van der Waals surface area contributed by atoms with E-state index in [1.165, 1.54) is 31.5 Å². The summed E-state index contributed by atoms with van der Waals surface area (Å²) in [5, 5.41) is 3.69. The summed E-state index contributed by atoms with van der Waals surface area (Å²) < 4.78 is 5.37. The third-order valence-electron chi connectivity index (χ3n) is 4.35. The summed E-state index contributed by atoms with van der Waals surface area (Å²) >= 11 is 1.83. The summed E-state index contributed by atoms with van der Waals surface area (Å²) in [4.78, 5) is 7.54. The largest absolute Gasteiger partial charge is 0.497 e. The molecular formula is C20H13NOS. The minimum atomic E-state index is 0.839. The SMILES string of the molecule is COc1ccc2c(c1)nc1c3c(cccc32)Sc2ccccc2-1. The van der Waals surface area contributed by atoms with Crippen molar-refractivity contribution in [1.82, 2.24) is 4.98 Å². The number of aromatic nitrogens is 1. The highest BCUT2D eigenvalue weighted by atomic mass is 32.2. The summed E-state index contributed by atoms with van der Waals surface area (Å²) in [6.07, 6.45) is 0. The molecule has 0 fully saturated rings. The van der Waals surface area contributed by atoms with E-state index < -0.39 is 0 Å². The van der Waals surface area contributed by atoms with E-state index in [2.05, 4.69) is 48.5 Å². The molecule has 0 amide bonds. The molecule has 3 aromatic carbocycles. The predicted octanol–water partition coefficient (Wildman–Crippen LogP) is 5.53. The van der Waals surface area contributed by atoms with Crippen molar-refractivity contribution in [3.63, 3.8) is 0 Å². The highest BCUT2D eigenvalue weighted by Gasteiger charge is 2.21. The van der Waals surface area contributed by atoms with E-state index in [1.54, 1.807) is 7.11 Å². The van der Waals surface area contributed by atoms with Gasteiger partial charge in [-0.25, -0.2) is 4.98 Å². The first-order valence-corrected chi connectivity index (χ1v) is 8.34. The minimum Gasteiger partial charge on any atom is -0.497 e. The molecule has 0 radical (unpaired) electrons. The van der Waals surface area contributed by atoms with Crippen molar-refractivity contribution in [1.29, 1.82) is 0 Å². The van der Waals surface area contributed by atoms with Gasteiger partial charge in [0.1, 0.15) is 5.75 Å². The van der Waals surface area contributed by atoms with Crippen molar-refractivity contribution in [3.8, 4) is 17.0 Å². The van der Waals surface area contributed by atoms with Crippen LogP contribution in [-0.2, 0) is 0 Å². The van der Waals surface area contributed by atoms with E-state index >= 15 is 0 Å². The Hall–Kier alpha value is -2.52. The Morgan fingerprint density at radius 3 is 2.65 bits per heavy atom. The van der Waals surface area contributed by atoms with Crippen LogP contribution >= 0.6 is 11.8 Å². The van der Waals surface area contributed by atoms with Crippen LogP contribution in [0.5, 0.6) is 5.75 Å². The van der Waals surface area contributed by atoms with Gasteiger partial charge >= 0.3 is 0 Å². The van der Waals surface area contributed by atoms with Gasteiger partial charge in [-0.1, -0.05) is 42.1 Å². The van der Waals surface area contributed by atoms with Crippen LogP contribution in [0, 0.1) is 0 Å². The topological polar surface area (TPSA) is 22.1 Å². The van der Waals surface area contributed by atoms with Crippen molar-refractivity contribution in [2.24, 2.45) is 0 Å². The lowest BCUT2D eigenvalue weighted by molar-refractivity contribution is 0.415. The number of fused-ring (bicyclic) bond motifs is 4. The number of nitrogens with zero attached hydrogens (tertiary/aromatic N) is 1. The first kappa shape index (κ1) is 13.0. The smallest absolute Gasteiger partial charge is 0.121 e. The summed E-state index contributed by atoms with van der Waals surface area (Å²) in [5.74, 6) is 0.839. The monoisotopic (exact) mass is 315 g/mol. The van der Waals surface area contributed by atoms with Gasteiger partial charge < -0.3 is 4.74 Å². The van der Waals surface area contributed by atoms with Crippen LogP contribution in [0.1, 0.15) is 0 Å². The molecule has 0 spiro atoms. The van der Waals surface area contributed by atoms with Crippen molar-refractivity contribution < 1.29 is 4.74 Å². The second-order valence-electron chi connectivity index (χ2n) is 5.62. The van der Waals surface area contributed by atoms with E-state index in [1.807, 2.05) is 23.9 Å². The summed E-state index contributed by atoms with van der Waals surface area (Å²) in [6.45, 7) is 0. The fraction of sp³-hybridized carbons (Fsp3) is 0.0500. The number of pyridine rings is 1. The normalized spacial score (nSPS) is 12.4. The van der Waals surface area contributed by atoms with E-state index in [-0.39, 0.29) is 0 Å². The van der Waals surface area contributed by atoms with Crippen LogP contribution < -0.4 is 4.74 Å². The second kappa shape index (κ2) is 4.74. The molecule has 0 N–H and O–H groups in total. The highest BCUT2D eigenvalue weighted by molar-refractivity contribution is 7.99. The molecule has 0 saturated heterocycles. The molecule has 0 atom stereocenters. The van der Waals surface area contributed by atoms with Gasteiger partial charge in [-0.3, -0.25) is 0 Å². The molecule has 5 rings (SSSR count). The molecule has 4 aromatic rings. The standard InChI is InChI=1S/C20H13NOS/c1-22-12-9-10-13-14-6-4-8-18-19(14)20(21-16(13)11-12)15-5-2-3-7-17(15)23-18/h2-11H,1H3. The van der Waals surface area contributed by atoms with Crippen LogP contribution in [0.2, 0.25) is 0 Å². The quantitative estimate of drug-likeness (QED) is 0.380. The number of rotatable bonds is 1. The molecule has 2 heterocycles. The van der Waals surface area contributed by atoms with Crippen LogP contribution in [0.3, 0.4) is 0 Å². The minimum absolute atomic E-state index is 0.839. The lowest BCUT2D eigenvalue weighted by atomic mass is 9.99. The average molecular weight is 315 g/mol. The van der Waals surface area contributed by atoms with Gasteiger partial charge in [0.25, 0.3) is 0 Å². The van der Waals surface area contributed by atoms with E-state index in [4.69, 9.17) is 9.72 Å². The van der Waals surface area contributed by atoms with Crippen LogP contribution in [-0.4, -0.2) is 12.1 Å². The van der Waals surface area contributed by atoms with Crippen molar-refractivity contribution in [3.05, 3.63) is 60.7 Å². The van der Waals surface area contributed by atoms with Gasteiger partial charge in [-0.15, -0.1) is 0 Å². The number of hydrogen-bond donors (Lipinski definition) is 0. The maximum absolute atomic E-state index is 5.37. The van der Waals surface area contributed by atoms with Gasteiger partial charge in [0.2, 0.25) is 0 Å². The summed E-state index contributed by atoms with van der Waals surface area (Å²) in [5.41, 5.74) is 3.27. The average Bonchev–Trinajstić information content (AvgIpc) is 2.61. The van der Waals surface area contributed by atoms with E-state index in [0.29, 0.717) is 0 Å². The molecule has 2 nitrogen and oxygen atoms in total. The molecular weight excluding hydrogens is 302 g/mol. The number of benzene rings is 3. The molecule has 0 aliphatic carbocycles. The molecule has 3 heteroatoms. The van der Waals surface area contributed by atoms with Gasteiger partial charge in [0, 0.05) is 32.2 Å². The Morgan fingerprint density at radius 1 is 0.870 bits per heavy atom. The van der Waals surface area contributed by atoms with Crippen molar-refractivity contribution >= 4 is 33.4 Å². The lowest BCUT2D eigenvalue weighted by Crippen LogP contribution is -1.97. The van der Waals surface area contributed by atoms with Gasteiger partial charge in [0.05, 0.1) is 18.3 Å². The van der Waals surface area contributed by atoms with E-state index in [9.17, 15) is 0 Å². The molecule has 1 aromatic heterocycles. The van der Waals surface area contributed by atoms with Crippen LogP contribution in [0.4, 0.5) is 0 Å². The second-order valence-corrected chi connectivity index (χ2v) is 6.70. The molecule has 0 bridgehead atoms. The maximum Gasteiger partial charge on any atom is 0.121 e. The Labute approximate surface area is 138 Å². The number of methoxy groups -OCH3 is 1.